The molecule has 1 aliphatic rings. The Balaban J connectivity index is 1.93. The molecule has 19 heavy (non-hydrogen) atoms. The Hall–Kier alpha value is -2.06. The first kappa shape index (κ1) is 13.4. The van der Waals surface area contributed by atoms with Crippen LogP contribution in [-0.2, 0) is 9.53 Å². The zero-order chi connectivity index (χ0) is 13.5. The van der Waals surface area contributed by atoms with Gasteiger partial charge in [-0.3, -0.25) is 4.79 Å². The third-order valence-electron chi connectivity index (χ3n) is 2.89. The summed E-state index contributed by atoms with van der Waals surface area (Å²) in [4.78, 5) is 11.9. The normalized spacial score (nSPS) is 17.7. The molecule has 0 spiro atoms. The topological polar surface area (TPSA) is 71.3 Å². The van der Waals surface area contributed by atoms with Crippen LogP contribution in [0.1, 0.15) is 19.3 Å². The molecule has 1 amide bonds. The standard InChI is InChI=1S/C14H16N2O3/c15-7-9-19-13-6-2-1-5-12(13)16-14(17)10-11-4-3-8-18-11/h1-2,5-6,11H,3-4,8-10H2,(H,16,17). The second-order valence-corrected chi connectivity index (χ2v) is 4.33. The fourth-order valence-corrected chi connectivity index (χ4v) is 2.02. The summed E-state index contributed by atoms with van der Waals surface area (Å²) in [5, 5.41) is 11.3. The second kappa shape index (κ2) is 6.76. The molecule has 0 saturated carbocycles. The average Bonchev–Trinajstić information content (AvgIpc) is 2.90. The van der Waals surface area contributed by atoms with Crippen molar-refractivity contribution in [2.45, 2.75) is 25.4 Å². The van der Waals surface area contributed by atoms with E-state index in [1.165, 1.54) is 0 Å². The molecule has 1 aliphatic heterocycles. The number of nitriles is 1. The maximum absolute atomic E-state index is 11.9. The van der Waals surface area contributed by atoms with E-state index in [2.05, 4.69) is 5.32 Å². The number of carbonyl (C=O) groups is 1. The van der Waals surface area contributed by atoms with E-state index >= 15 is 0 Å². The third kappa shape index (κ3) is 3.97. The van der Waals surface area contributed by atoms with Gasteiger partial charge in [-0.25, -0.2) is 0 Å². The Morgan fingerprint density at radius 3 is 3.11 bits per heavy atom. The van der Waals surface area contributed by atoms with E-state index in [0.29, 0.717) is 17.9 Å². The third-order valence-corrected chi connectivity index (χ3v) is 2.89. The van der Waals surface area contributed by atoms with Crippen LogP contribution in [0.25, 0.3) is 0 Å². The van der Waals surface area contributed by atoms with Crippen molar-refractivity contribution in [2.24, 2.45) is 0 Å². The smallest absolute Gasteiger partial charge is 0.227 e. The largest absolute Gasteiger partial charge is 0.477 e. The molecule has 0 bridgehead atoms. The second-order valence-electron chi connectivity index (χ2n) is 4.33. The van der Waals surface area contributed by atoms with Gasteiger partial charge in [0.25, 0.3) is 0 Å². The molecule has 1 unspecified atom stereocenters. The molecule has 1 heterocycles. The van der Waals surface area contributed by atoms with Crippen LogP contribution in [0.15, 0.2) is 24.3 Å². The van der Waals surface area contributed by atoms with E-state index in [4.69, 9.17) is 14.7 Å². The molecule has 0 aromatic heterocycles. The Morgan fingerprint density at radius 2 is 2.37 bits per heavy atom. The number of anilines is 1. The molecule has 1 saturated heterocycles. The van der Waals surface area contributed by atoms with Crippen LogP contribution in [0.2, 0.25) is 0 Å². The van der Waals surface area contributed by atoms with Gasteiger partial charge in [0, 0.05) is 6.61 Å². The summed E-state index contributed by atoms with van der Waals surface area (Å²) in [6.45, 7) is 0.693. The summed E-state index contributed by atoms with van der Waals surface area (Å²) in [5.41, 5.74) is 0.584. The van der Waals surface area contributed by atoms with Crippen LogP contribution in [0.4, 0.5) is 5.69 Å². The maximum Gasteiger partial charge on any atom is 0.227 e. The lowest BCUT2D eigenvalue weighted by molar-refractivity contribution is -0.118. The number of benzene rings is 1. The minimum Gasteiger partial charge on any atom is -0.477 e. The summed E-state index contributed by atoms with van der Waals surface area (Å²) in [7, 11) is 0. The van der Waals surface area contributed by atoms with Gasteiger partial charge in [0.1, 0.15) is 11.8 Å². The lowest BCUT2D eigenvalue weighted by Crippen LogP contribution is -2.19. The molecule has 1 aromatic carbocycles. The van der Waals surface area contributed by atoms with E-state index in [-0.39, 0.29) is 18.6 Å². The van der Waals surface area contributed by atoms with E-state index < -0.39 is 0 Å². The van der Waals surface area contributed by atoms with Gasteiger partial charge in [-0.05, 0) is 25.0 Å². The van der Waals surface area contributed by atoms with Crippen molar-refractivity contribution in [3.05, 3.63) is 24.3 Å². The van der Waals surface area contributed by atoms with Gasteiger partial charge in [-0.2, -0.15) is 5.26 Å². The molecule has 1 fully saturated rings. The Kier molecular flexibility index (Phi) is 4.76. The van der Waals surface area contributed by atoms with Crippen LogP contribution in [0.5, 0.6) is 5.75 Å². The van der Waals surface area contributed by atoms with Crippen LogP contribution in [-0.4, -0.2) is 25.2 Å². The van der Waals surface area contributed by atoms with E-state index in [1.807, 2.05) is 6.07 Å². The first-order valence-corrected chi connectivity index (χ1v) is 6.30. The Labute approximate surface area is 112 Å². The van der Waals surface area contributed by atoms with Crippen LogP contribution >= 0.6 is 0 Å². The van der Waals surface area contributed by atoms with Crippen molar-refractivity contribution >= 4 is 11.6 Å². The summed E-state index contributed by atoms with van der Waals surface area (Å²) in [6, 6.07) is 8.97. The number of ether oxygens (including phenoxy) is 2. The molecule has 0 radical (unpaired) electrons. The van der Waals surface area contributed by atoms with E-state index in [9.17, 15) is 4.79 Å². The number of nitrogens with zero attached hydrogens (tertiary/aromatic N) is 1. The fourth-order valence-electron chi connectivity index (χ4n) is 2.02. The number of carbonyl (C=O) groups excluding carboxylic acids is 1. The summed E-state index contributed by atoms with van der Waals surface area (Å²) < 4.78 is 10.7. The van der Waals surface area contributed by atoms with Crippen LogP contribution < -0.4 is 10.1 Å². The van der Waals surface area contributed by atoms with Gasteiger partial charge in [-0.15, -0.1) is 0 Å². The zero-order valence-electron chi connectivity index (χ0n) is 10.6. The average molecular weight is 260 g/mol. The highest BCUT2D eigenvalue weighted by Gasteiger charge is 2.19. The van der Waals surface area contributed by atoms with Gasteiger partial charge in [0.15, 0.2) is 6.61 Å². The Bertz CT molecular complexity index is 476. The van der Waals surface area contributed by atoms with E-state index in [0.717, 1.165) is 19.4 Å². The van der Waals surface area contributed by atoms with Crippen molar-refractivity contribution in [1.29, 1.82) is 5.26 Å². The van der Waals surface area contributed by atoms with Gasteiger partial charge in [0.05, 0.1) is 18.2 Å². The first-order valence-electron chi connectivity index (χ1n) is 6.30. The molecule has 5 nitrogen and oxygen atoms in total. The SMILES string of the molecule is N#CCOc1ccccc1NC(=O)CC1CCCO1. The molecule has 2 rings (SSSR count). The lowest BCUT2D eigenvalue weighted by Gasteiger charge is -2.12. The van der Waals surface area contributed by atoms with Crippen molar-refractivity contribution in [1.82, 2.24) is 0 Å². The molecule has 1 N–H and O–H groups in total. The summed E-state index contributed by atoms with van der Waals surface area (Å²) >= 11 is 0. The minimum absolute atomic E-state index is 0.0205. The van der Waals surface area contributed by atoms with Crippen molar-refractivity contribution < 1.29 is 14.3 Å². The quantitative estimate of drug-likeness (QED) is 0.880. The first-order chi connectivity index (χ1) is 9.29. The molecule has 1 aromatic rings. The highest BCUT2D eigenvalue weighted by atomic mass is 16.5. The van der Waals surface area contributed by atoms with Crippen LogP contribution in [0, 0.1) is 11.3 Å². The van der Waals surface area contributed by atoms with Gasteiger partial charge < -0.3 is 14.8 Å². The number of rotatable bonds is 5. The lowest BCUT2D eigenvalue weighted by atomic mass is 10.1. The predicted molar refractivity (Wildman–Crippen MR) is 69.8 cm³/mol. The monoisotopic (exact) mass is 260 g/mol. The van der Waals surface area contributed by atoms with E-state index in [1.54, 1.807) is 24.3 Å². The molecular weight excluding hydrogens is 244 g/mol. The van der Waals surface area contributed by atoms with Crippen molar-refractivity contribution in [2.75, 3.05) is 18.5 Å². The zero-order valence-corrected chi connectivity index (χ0v) is 10.6. The molecule has 100 valence electrons. The summed E-state index contributed by atoms with van der Waals surface area (Å²) in [5.74, 6) is 0.407. The fraction of sp³-hybridized carbons (Fsp3) is 0.429. The molecule has 1 atom stereocenters. The van der Waals surface area contributed by atoms with Crippen LogP contribution in [0.3, 0.4) is 0 Å². The summed E-state index contributed by atoms with van der Waals surface area (Å²) in [6.07, 6.45) is 2.32. The minimum atomic E-state index is -0.0973. The van der Waals surface area contributed by atoms with Crippen molar-refractivity contribution in [3.8, 4) is 11.8 Å². The maximum atomic E-state index is 11.9. The highest BCUT2D eigenvalue weighted by molar-refractivity contribution is 5.92. The number of nitrogens with one attached hydrogen (secondary N) is 1. The number of hydrogen-bond acceptors (Lipinski definition) is 4. The molecular formula is C14H16N2O3. The van der Waals surface area contributed by atoms with Gasteiger partial charge in [-0.1, -0.05) is 12.1 Å². The molecule has 0 aliphatic carbocycles. The van der Waals surface area contributed by atoms with Gasteiger partial charge >= 0.3 is 0 Å². The van der Waals surface area contributed by atoms with Crippen molar-refractivity contribution in [3.63, 3.8) is 0 Å². The number of amides is 1. The highest BCUT2D eigenvalue weighted by Crippen LogP contribution is 2.24. The number of hydrogen-bond donors (Lipinski definition) is 1. The van der Waals surface area contributed by atoms with Gasteiger partial charge in [0.2, 0.25) is 5.91 Å². The molecule has 5 heteroatoms. The number of para-hydroxylation sites is 2. The predicted octanol–water partition coefficient (Wildman–Crippen LogP) is 2.10. The Morgan fingerprint density at radius 1 is 1.53 bits per heavy atom.